The summed E-state index contributed by atoms with van der Waals surface area (Å²) in [6.45, 7) is 2.82. The Kier molecular flexibility index (Phi) is 3.27. The van der Waals surface area contributed by atoms with Crippen molar-refractivity contribution in [3.05, 3.63) is 0 Å². The van der Waals surface area contributed by atoms with E-state index in [-0.39, 0.29) is 17.9 Å². The van der Waals surface area contributed by atoms with Crippen LogP contribution in [0.2, 0.25) is 0 Å². The molecule has 3 rings (SSSR count). The smallest absolute Gasteiger partial charge is 0.311 e. The number of carboxylic acids is 1. The van der Waals surface area contributed by atoms with Crippen LogP contribution in [0.15, 0.2) is 0 Å². The van der Waals surface area contributed by atoms with Gasteiger partial charge in [-0.3, -0.25) is 9.59 Å². The highest BCUT2D eigenvalue weighted by Crippen LogP contribution is 2.49. The molecule has 0 spiro atoms. The summed E-state index contributed by atoms with van der Waals surface area (Å²) in [5, 5.41) is 9.42. The number of hydrogen-bond acceptors (Lipinski definition) is 3. The lowest BCUT2D eigenvalue weighted by atomic mass is 9.83. The van der Waals surface area contributed by atoms with Crippen molar-refractivity contribution in [1.82, 2.24) is 4.90 Å². The van der Waals surface area contributed by atoms with Gasteiger partial charge >= 0.3 is 5.97 Å². The van der Waals surface area contributed by atoms with E-state index in [0.717, 1.165) is 19.3 Å². The Balaban J connectivity index is 1.72. The van der Waals surface area contributed by atoms with Crippen LogP contribution in [-0.4, -0.2) is 41.0 Å². The fourth-order valence-electron chi connectivity index (χ4n) is 4.59. The molecule has 0 aromatic heterocycles. The van der Waals surface area contributed by atoms with Crippen LogP contribution in [-0.2, 0) is 9.59 Å². The number of carboxylic acid groups (broad SMARTS) is 1. The molecule has 1 amide bonds. The predicted molar refractivity (Wildman–Crippen MR) is 73.9 cm³/mol. The molecule has 1 saturated heterocycles. The first-order valence-corrected chi connectivity index (χ1v) is 7.76. The van der Waals surface area contributed by atoms with E-state index in [2.05, 4.69) is 0 Å². The minimum absolute atomic E-state index is 0.0114. The van der Waals surface area contributed by atoms with E-state index in [1.807, 2.05) is 6.92 Å². The third-order valence-corrected chi connectivity index (χ3v) is 6.06. The van der Waals surface area contributed by atoms with E-state index >= 15 is 0 Å². The number of likely N-dealkylation sites (tertiary alicyclic amines) is 1. The molecule has 2 bridgehead atoms. The fourth-order valence-corrected chi connectivity index (χ4v) is 4.59. The molecule has 1 heterocycles. The highest BCUT2D eigenvalue weighted by atomic mass is 16.4. The van der Waals surface area contributed by atoms with Gasteiger partial charge in [-0.2, -0.15) is 0 Å². The summed E-state index contributed by atoms with van der Waals surface area (Å²) >= 11 is 0. The Morgan fingerprint density at radius 1 is 1.35 bits per heavy atom. The van der Waals surface area contributed by atoms with Crippen molar-refractivity contribution in [2.24, 2.45) is 28.9 Å². The first-order valence-electron chi connectivity index (χ1n) is 7.76. The summed E-state index contributed by atoms with van der Waals surface area (Å²) < 4.78 is 0. The second-order valence-electron chi connectivity index (χ2n) is 6.89. The molecule has 0 aromatic carbocycles. The highest BCUT2D eigenvalue weighted by molar-refractivity contribution is 5.83. The average molecular weight is 280 g/mol. The van der Waals surface area contributed by atoms with Crippen molar-refractivity contribution in [2.75, 3.05) is 13.1 Å². The summed E-state index contributed by atoms with van der Waals surface area (Å²) in [5.74, 6) is 0.222. The topological polar surface area (TPSA) is 83.6 Å². The van der Waals surface area contributed by atoms with Crippen LogP contribution in [0.25, 0.3) is 0 Å². The minimum Gasteiger partial charge on any atom is -0.481 e. The number of nitrogens with zero attached hydrogens (tertiary/aromatic N) is 1. The Labute approximate surface area is 119 Å². The van der Waals surface area contributed by atoms with Crippen LogP contribution in [0.1, 0.15) is 39.0 Å². The molecule has 3 aliphatic rings. The van der Waals surface area contributed by atoms with E-state index in [1.54, 1.807) is 4.90 Å². The zero-order valence-corrected chi connectivity index (χ0v) is 12.0. The standard InChI is InChI=1S/C15H24N2O3/c1-2-15(14(19)20)5-6-17(8-15)13(18)11-9-3-4-10(7-9)12(11)16/h9-12H,2-8,16H2,1H3,(H,19,20). The van der Waals surface area contributed by atoms with Gasteiger partial charge in [-0.25, -0.2) is 0 Å². The van der Waals surface area contributed by atoms with Crippen LogP contribution in [0, 0.1) is 23.2 Å². The number of carbonyl (C=O) groups is 2. The Bertz CT molecular complexity index is 437. The molecule has 1 aliphatic heterocycles. The summed E-state index contributed by atoms with van der Waals surface area (Å²) in [6, 6.07) is -0.0114. The van der Waals surface area contributed by atoms with Gasteiger partial charge in [-0.05, 0) is 43.9 Å². The maximum absolute atomic E-state index is 12.7. The van der Waals surface area contributed by atoms with Gasteiger partial charge in [0.1, 0.15) is 0 Å². The third kappa shape index (κ3) is 1.86. The van der Waals surface area contributed by atoms with Crippen LogP contribution in [0.3, 0.4) is 0 Å². The molecule has 20 heavy (non-hydrogen) atoms. The molecule has 112 valence electrons. The van der Waals surface area contributed by atoms with Gasteiger partial charge in [0.25, 0.3) is 0 Å². The highest BCUT2D eigenvalue weighted by Gasteiger charge is 2.52. The van der Waals surface area contributed by atoms with Crippen molar-refractivity contribution < 1.29 is 14.7 Å². The number of carbonyl (C=O) groups excluding carboxylic acids is 1. The largest absolute Gasteiger partial charge is 0.481 e. The lowest BCUT2D eigenvalue weighted by molar-refractivity contribution is -0.149. The van der Waals surface area contributed by atoms with Crippen LogP contribution in [0.4, 0.5) is 0 Å². The van der Waals surface area contributed by atoms with E-state index in [1.165, 1.54) is 0 Å². The second kappa shape index (κ2) is 4.72. The Morgan fingerprint density at radius 2 is 2.05 bits per heavy atom. The molecule has 0 aromatic rings. The zero-order valence-electron chi connectivity index (χ0n) is 12.0. The SMILES string of the molecule is CCC1(C(=O)O)CCN(C(=O)C2C3CCC(C3)C2N)C1. The molecule has 5 nitrogen and oxygen atoms in total. The lowest BCUT2D eigenvalue weighted by Crippen LogP contribution is -2.47. The fraction of sp³-hybridized carbons (Fsp3) is 0.867. The predicted octanol–water partition coefficient (Wildman–Crippen LogP) is 1.07. The third-order valence-electron chi connectivity index (χ3n) is 6.06. The second-order valence-corrected chi connectivity index (χ2v) is 6.89. The zero-order chi connectivity index (χ0) is 14.5. The molecule has 0 radical (unpaired) electrons. The first kappa shape index (κ1) is 13.9. The number of amides is 1. The maximum Gasteiger partial charge on any atom is 0.311 e. The first-order chi connectivity index (χ1) is 9.48. The van der Waals surface area contributed by atoms with Gasteiger partial charge in [0.2, 0.25) is 5.91 Å². The van der Waals surface area contributed by atoms with Gasteiger partial charge in [0, 0.05) is 19.1 Å². The van der Waals surface area contributed by atoms with Crippen LogP contribution in [0.5, 0.6) is 0 Å². The lowest BCUT2D eigenvalue weighted by Gasteiger charge is -2.31. The van der Waals surface area contributed by atoms with Gasteiger partial charge < -0.3 is 15.7 Å². The Hall–Kier alpha value is -1.10. The van der Waals surface area contributed by atoms with Crippen molar-refractivity contribution in [1.29, 1.82) is 0 Å². The number of hydrogen-bond donors (Lipinski definition) is 2. The van der Waals surface area contributed by atoms with E-state index in [4.69, 9.17) is 5.73 Å². The normalized spacial score (nSPS) is 43.2. The minimum atomic E-state index is -0.771. The van der Waals surface area contributed by atoms with E-state index < -0.39 is 11.4 Å². The molecule has 2 aliphatic carbocycles. The van der Waals surface area contributed by atoms with Crippen LogP contribution < -0.4 is 5.73 Å². The van der Waals surface area contributed by atoms with Crippen molar-refractivity contribution in [3.8, 4) is 0 Å². The quantitative estimate of drug-likeness (QED) is 0.810. The molecule has 5 atom stereocenters. The van der Waals surface area contributed by atoms with Gasteiger partial charge in [0.05, 0.1) is 11.3 Å². The average Bonchev–Trinajstić information content (AvgIpc) is 3.12. The summed E-state index contributed by atoms with van der Waals surface area (Å²) in [6.07, 6.45) is 4.50. The molecule has 2 saturated carbocycles. The van der Waals surface area contributed by atoms with E-state index in [0.29, 0.717) is 37.8 Å². The molecule has 5 unspecified atom stereocenters. The van der Waals surface area contributed by atoms with Crippen molar-refractivity contribution >= 4 is 11.9 Å². The number of aliphatic carboxylic acids is 1. The molecule has 3 fully saturated rings. The Morgan fingerprint density at radius 3 is 2.55 bits per heavy atom. The van der Waals surface area contributed by atoms with Crippen LogP contribution >= 0.6 is 0 Å². The molecular weight excluding hydrogens is 256 g/mol. The summed E-state index contributed by atoms with van der Waals surface area (Å²) in [5.41, 5.74) is 5.49. The maximum atomic E-state index is 12.7. The van der Waals surface area contributed by atoms with Crippen molar-refractivity contribution in [2.45, 2.75) is 45.1 Å². The number of nitrogens with two attached hydrogens (primary N) is 1. The van der Waals surface area contributed by atoms with Gasteiger partial charge in [-0.15, -0.1) is 0 Å². The van der Waals surface area contributed by atoms with Gasteiger partial charge in [0.15, 0.2) is 0 Å². The molecular formula is C15H24N2O3. The molecule has 5 heteroatoms. The van der Waals surface area contributed by atoms with Crippen molar-refractivity contribution in [3.63, 3.8) is 0 Å². The van der Waals surface area contributed by atoms with E-state index in [9.17, 15) is 14.7 Å². The van der Waals surface area contributed by atoms with Gasteiger partial charge in [-0.1, -0.05) is 6.92 Å². The molecule has 3 N–H and O–H groups in total. The summed E-state index contributed by atoms with van der Waals surface area (Å²) in [4.78, 5) is 26.0. The summed E-state index contributed by atoms with van der Waals surface area (Å²) in [7, 11) is 0. The number of fused-ring (bicyclic) bond motifs is 2. The number of rotatable bonds is 3. The monoisotopic (exact) mass is 280 g/mol.